The third kappa shape index (κ3) is 1.86. The van der Waals surface area contributed by atoms with Gasteiger partial charge in [0.25, 0.3) is 0 Å². The second kappa shape index (κ2) is 3.53. The SMILES string of the molecule is CNC1Cc2ccc(O)cc2C(C)(C)C1. The molecule has 0 aromatic heterocycles. The lowest BCUT2D eigenvalue weighted by atomic mass is 9.71. The number of likely N-dealkylation sites (N-methyl/N-ethyl adjacent to an activating group) is 1. The number of fused-ring (bicyclic) bond motifs is 1. The van der Waals surface area contributed by atoms with Crippen molar-refractivity contribution in [3.63, 3.8) is 0 Å². The molecule has 0 saturated heterocycles. The van der Waals surface area contributed by atoms with Gasteiger partial charge in [-0.25, -0.2) is 0 Å². The molecule has 2 heteroatoms. The van der Waals surface area contributed by atoms with Crippen molar-refractivity contribution in [1.29, 1.82) is 0 Å². The molecule has 0 fully saturated rings. The number of hydrogen-bond donors (Lipinski definition) is 2. The van der Waals surface area contributed by atoms with Crippen LogP contribution in [0.4, 0.5) is 0 Å². The lowest BCUT2D eigenvalue weighted by Crippen LogP contribution is -2.39. The first-order valence-electron chi connectivity index (χ1n) is 5.52. The van der Waals surface area contributed by atoms with E-state index < -0.39 is 0 Å². The van der Waals surface area contributed by atoms with E-state index in [9.17, 15) is 5.11 Å². The van der Waals surface area contributed by atoms with Gasteiger partial charge in [0, 0.05) is 6.04 Å². The van der Waals surface area contributed by atoms with Gasteiger partial charge in [0.1, 0.15) is 5.75 Å². The highest BCUT2D eigenvalue weighted by molar-refractivity contribution is 5.42. The molecule has 1 unspecified atom stereocenters. The molecule has 0 bridgehead atoms. The van der Waals surface area contributed by atoms with Crippen molar-refractivity contribution in [2.24, 2.45) is 0 Å². The monoisotopic (exact) mass is 205 g/mol. The number of nitrogens with one attached hydrogen (secondary N) is 1. The average molecular weight is 205 g/mol. The van der Waals surface area contributed by atoms with Crippen LogP contribution < -0.4 is 5.32 Å². The molecule has 0 radical (unpaired) electrons. The minimum absolute atomic E-state index is 0.153. The summed E-state index contributed by atoms with van der Waals surface area (Å²) < 4.78 is 0. The summed E-state index contributed by atoms with van der Waals surface area (Å²) in [5.41, 5.74) is 2.82. The van der Waals surface area contributed by atoms with Gasteiger partial charge in [-0.2, -0.15) is 0 Å². The van der Waals surface area contributed by atoms with Crippen molar-refractivity contribution >= 4 is 0 Å². The summed E-state index contributed by atoms with van der Waals surface area (Å²) in [5, 5.41) is 12.9. The molecule has 1 aromatic carbocycles. The van der Waals surface area contributed by atoms with Crippen LogP contribution in [0, 0.1) is 0 Å². The molecule has 0 amide bonds. The second-order valence-corrected chi connectivity index (χ2v) is 5.12. The lowest BCUT2D eigenvalue weighted by Gasteiger charge is -2.37. The number of rotatable bonds is 1. The Morgan fingerprint density at radius 2 is 2.13 bits per heavy atom. The Morgan fingerprint density at radius 1 is 1.40 bits per heavy atom. The normalized spacial score (nSPS) is 23.5. The second-order valence-electron chi connectivity index (χ2n) is 5.12. The Hall–Kier alpha value is -1.02. The maximum absolute atomic E-state index is 9.53. The standard InChI is InChI=1S/C13H19NO/c1-13(2)8-10(14-3)6-9-4-5-11(15)7-12(9)13/h4-5,7,10,14-15H,6,8H2,1-3H3. The van der Waals surface area contributed by atoms with E-state index in [-0.39, 0.29) is 5.41 Å². The van der Waals surface area contributed by atoms with Crippen molar-refractivity contribution in [1.82, 2.24) is 5.32 Å². The zero-order chi connectivity index (χ0) is 11.1. The summed E-state index contributed by atoms with van der Waals surface area (Å²) in [6.07, 6.45) is 2.19. The highest BCUT2D eigenvalue weighted by Crippen LogP contribution is 2.38. The molecule has 15 heavy (non-hydrogen) atoms. The van der Waals surface area contributed by atoms with E-state index in [0.29, 0.717) is 11.8 Å². The molecule has 0 saturated carbocycles. The van der Waals surface area contributed by atoms with Crippen LogP contribution in [0.5, 0.6) is 5.75 Å². The van der Waals surface area contributed by atoms with Crippen LogP contribution in [0.1, 0.15) is 31.4 Å². The van der Waals surface area contributed by atoms with Crippen molar-refractivity contribution in [3.8, 4) is 5.75 Å². The molecule has 1 aliphatic carbocycles. The number of phenolic OH excluding ortho intramolecular Hbond substituents is 1. The fourth-order valence-electron chi connectivity index (χ4n) is 2.64. The van der Waals surface area contributed by atoms with E-state index in [4.69, 9.17) is 0 Å². The topological polar surface area (TPSA) is 32.3 Å². The number of hydrogen-bond acceptors (Lipinski definition) is 2. The summed E-state index contributed by atoms with van der Waals surface area (Å²) >= 11 is 0. The maximum Gasteiger partial charge on any atom is 0.115 e. The van der Waals surface area contributed by atoms with Gasteiger partial charge in [-0.3, -0.25) is 0 Å². The minimum atomic E-state index is 0.153. The largest absolute Gasteiger partial charge is 0.508 e. The van der Waals surface area contributed by atoms with E-state index in [1.54, 1.807) is 6.07 Å². The molecule has 2 rings (SSSR count). The zero-order valence-electron chi connectivity index (χ0n) is 9.67. The first-order chi connectivity index (χ1) is 7.03. The highest BCUT2D eigenvalue weighted by Gasteiger charge is 2.32. The quantitative estimate of drug-likeness (QED) is 0.736. The predicted molar refractivity (Wildman–Crippen MR) is 62.3 cm³/mol. The molecule has 2 nitrogen and oxygen atoms in total. The number of phenols is 1. The molecule has 0 heterocycles. The van der Waals surface area contributed by atoms with Gasteiger partial charge in [-0.1, -0.05) is 19.9 Å². The Balaban J connectivity index is 2.45. The molecule has 1 aliphatic rings. The van der Waals surface area contributed by atoms with Crippen LogP contribution in [-0.2, 0) is 11.8 Å². The van der Waals surface area contributed by atoms with Gasteiger partial charge in [-0.05, 0) is 48.6 Å². The minimum Gasteiger partial charge on any atom is -0.508 e. The van der Waals surface area contributed by atoms with Crippen LogP contribution >= 0.6 is 0 Å². The third-order valence-corrected chi connectivity index (χ3v) is 3.45. The van der Waals surface area contributed by atoms with Gasteiger partial charge in [0.2, 0.25) is 0 Å². The number of benzene rings is 1. The molecule has 0 aliphatic heterocycles. The average Bonchev–Trinajstić information content (AvgIpc) is 2.18. The smallest absolute Gasteiger partial charge is 0.115 e. The van der Waals surface area contributed by atoms with Crippen molar-refractivity contribution in [3.05, 3.63) is 29.3 Å². The Kier molecular flexibility index (Phi) is 2.47. The van der Waals surface area contributed by atoms with Crippen LogP contribution in [0.15, 0.2) is 18.2 Å². The van der Waals surface area contributed by atoms with Crippen molar-refractivity contribution < 1.29 is 5.11 Å². The predicted octanol–water partition coefficient (Wildman–Crippen LogP) is 2.20. The highest BCUT2D eigenvalue weighted by atomic mass is 16.3. The Bertz CT molecular complexity index is 371. The van der Waals surface area contributed by atoms with E-state index in [1.165, 1.54) is 11.1 Å². The molecule has 1 atom stereocenters. The van der Waals surface area contributed by atoms with E-state index in [2.05, 4.69) is 25.2 Å². The summed E-state index contributed by atoms with van der Waals surface area (Å²) in [7, 11) is 2.02. The van der Waals surface area contributed by atoms with Gasteiger partial charge in [-0.15, -0.1) is 0 Å². The van der Waals surface area contributed by atoms with Gasteiger partial charge in [0.05, 0.1) is 0 Å². The molecule has 2 N–H and O–H groups in total. The summed E-state index contributed by atoms with van der Waals surface area (Å²) in [6, 6.07) is 6.31. The third-order valence-electron chi connectivity index (χ3n) is 3.45. The van der Waals surface area contributed by atoms with Crippen molar-refractivity contribution in [2.75, 3.05) is 7.05 Å². The Morgan fingerprint density at radius 3 is 2.80 bits per heavy atom. The van der Waals surface area contributed by atoms with E-state index in [0.717, 1.165) is 12.8 Å². The van der Waals surface area contributed by atoms with E-state index >= 15 is 0 Å². The molecule has 1 aromatic rings. The molecule has 82 valence electrons. The van der Waals surface area contributed by atoms with Gasteiger partial charge < -0.3 is 10.4 Å². The first-order valence-corrected chi connectivity index (χ1v) is 5.52. The molecule has 0 spiro atoms. The molecular formula is C13H19NO. The summed E-state index contributed by atoms with van der Waals surface area (Å²) in [4.78, 5) is 0. The Labute approximate surface area is 91.3 Å². The van der Waals surface area contributed by atoms with Gasteiger partial charge >= 0.3 is 0 Å². The fraction of sp³-hybridized carbons (Fsp3) is 0.538. The van der Waals surface area contributed by atoms with Crippen LogP contribution in [0.3, 0.4) is 0 Å². The lowest BCUT2D eigenvalue weighted by molar-refractivity contribution is 0.355. The van der Waals surface area contributed by atoms with Gasteiger partial charge in [0.15, 0.2) is 0 Å². The van der Waals surface area contributed by atoms with E-state index in [1.807, 2.05) is 13.1 Å². The van der Waals surface area contributed by atoms with Crippen molar-refractivity contribution in [2.45, 2.75) is 38.1 Å². The fourth-order valence-corrected chi connectivity index (χ4v) is 2.64. The molecular weight excluding hydrogens is 186 g/mol. The van der Waals surface area contributed by atoms with Crippen LogP contribution in [0.25, 0.3) is 0 Å². The number of aromatic hydroxyl groups is 1. The summed E-state index contributed by atoms with van der Waals surface area (Å²) in [5.74, 6) is 0.379. The first kappa shape index (κ1) is 10.5. The summed E-state index contributed by atoms with van der Waals surface area (Å²) in [6.45, 7) is 4.49. The zero-order valence-corrected chi connectivity index (χ0v) is 9.67. The maximum atomic E-state index is 9.53. The van der Waals surface area contributed by atoms with Crippen LogP contribution in [0.2, 0.25) is 0 Å². The van der Waals surface area contributed by atoms with Crippen LogP contribution in [-0.4, -0.2) is 18.2 Å².